The number of thiophene rings is 1. The van der Waals surface area contributed by atoms with Crippen LogP contribution in [0.4, 0.5) is 0 Å². The molecule has 0 saturated carbocycles. The molecule has 24 heavy (non-hydrogen) atoms. The minimum atomic E-state index is -0.978. The van der Waals surface area contributed by atoms with Crippen molar-refractivity contribution in [1.29, 1.82) is 0 Å². The van der Waals surface area contributed by atoms with Crippen molar-refractivity contribution in [3.8, 4) is 16.3 Å². The zero-order valence-electron chi connectivity index (χ0n) is 12.6. The van der Waals surface area contributed by atoms with Crippen molar-refractivity contribution in [3.05, 3.63) is 57.6 Å². The van der Waals surface area contributed by atoms with Crippen molar-refractivity contribution in [2.75, 3.05) is 6.54 Å². The fourth-order valence-electron chi connectivity index (χ4n) is 2.97. The van der Waals surface area contributed by atoms with Gasteiger partial charge in [0.1, 0.15) is 5.69 Å². The molecule has 3 aromatic rings. The van der Waals surface area contributed by atoms with Gasteiger partial charge in [0.15, 0.2) is 0 Å². The Morgan fingerprint density at radius 3 is 3.00 bits per heavy atom. The summed E-state index contributed by atoms with van der Waals surface area (Å²) < 4.78 is 1.81. The number of rotatable bonds is 3. The fraction of sp³-hybridized carbons (Fsp3) is 0.176. The van der Waals surface area contributed by atoms with E-state index < -0.39 is 5.97 Å². The summed E-state index contributed by atoms with van der Waals surface area (Å²) in [5.41, 5.74) is 3.98. The lowest BCUT2D eigenvalue weighted by Crippen LogP contribution is -2.24. The maximum Gasteiger partial charge on any atom is 0.335 e. The first-order valence-electron chi connectivity index (χ1n) is 7.53. The van der Waals surface area contributed by atoms with Crippen molar-refractivity contribution < 1.29 is 9.90 Å². The fourth-order valence-corrected chi connectivity index (χ4v) is 3.90. The van der Waals surface area contributed by atoms with Crippen molar-refractivity contribution in [3.63, 3.8) is 0 Å². The van der Waals surface area contributed by atoms with Crippen LogP contribution in [0, 0.1) is 0 Å². The summed E-state index contributed by atoms with van der Waals surface area (Å²) in [6.07, 6.45) is 0.821. The van der Waals surface area contributed by atoms with Gasteiger partial charge in [-0.1, -0.05) is 17.7 Å². The highest BCUT2D eigenvalue weighted by molar-refractivity contribution is 7.13. The van der Waals surface area contributed by atoms with Crippen molar-refractivity contribution >= 4 is 28.9 Å². The zero-order valence-corrected chi connectivity index (χ0v) is 14.2. The molecule has 2 aromatic heterocycles. The summed E-state index contributed by atoms with van der Waals surface area (Å²) in [7, 11) is 0. The third kappa shape index (κ3) is 2.53. The number of carboxylic acid groups (broad SMARTS) is 1. The Hall–Kier alpha value is -2.15. The number of nitrogens with one attached hydrogen (secondary N) is 1. The van der Waals surface area contributed by atoms with Crippen LogP contribution in [-0.4, -0.2) is 27.4 Å². The summed E-state index contributed by atoms with van der Waals surface area (Å²) >= 11 is 7.98. The third-order valence-electron chi connectivity index (χ3n) is 4.11. The van der Waals surface area contributed by atoms with Gasteiger partial charge >= 0.3 is 5.97 Å². The number of benzene rings is 1. The summed E-state index contributed by atoms with van der Waals surface area (Å²) in [5.74, 6) is -0.978. The number of nitrogens with zero attached hydrogens (tertiary/aromatic N) is 2. The van der Waals surface area contributed by atoms with Crippen LogP contribution in [0.2, 0.25) is 5.02 Å². The van der Waals surface area contributed by atoms with E-state index in [1.165, 1.54) is 6.07 Å². The molecule has 1 aliphatic rings. The maximum atomic E-state index is 11.3. The van der Waals surface area contributed by atoms with E-state index in [9.17, 15) is 9.90 Å². The highest BCUT2D eigenvalue weighted by Gasteiger charge is 2.24. The predicted octanol–water partition coefficient (Wildman–Crippen LogP) is 3.60. The second-order valence-electron chi connectivity index (χ2n) is 5.56. The Labute approximate surface area is 147 Å². The van der Waals surface area contributed by atoms with Crippen LogP contribution < -0.4 is 5.32 Å². The van der Waals surface area contributed by atoms with Gasteiger partial charge in [-0.2, -0.15) is 5.10 Å². The van der Waals surface area contributed by atoms with Crippen LogP contribution in [0.5, 0.6) is 0 Å². The monoisotopic (exact) mass is 359 g/mol. The zero-order chi connectivity index (χ0) is 16.7. The topological polar surface area (TPSA) is 67.1 Å². The van der Waals surface area contributed by atoms with Gasteiger partial charge < -0.3 is 10.4 Å². The van der Waals surface area contributed by atoms with Crippen molar-refractivity contribution in [2.24, 2.45) is 0 Å². The molecule has 7 heteroatoms. The number of carbonyl (C=O) groups is 1. The van der Waals surface area contributed by atoms with Gasteiger partial charge in [-0.3, -0.25) is 0 Å². The Balaban J connectivity index is 1.93. The summed E-state index contributed by atoms with van der Waals surface area (Å²) in [4.78, 5) is 12.4. The maximum absolute atomic E-state index is 11.3. The van der Waals surface area contributed by atoms with Gasteiger partial charge in [0.25, 0.3) is 0 Å². The molecule has 1 aliphatic heterocycles. The number of carboxylic acids is 1. The van der Waals surface area contributed by atoms with E-state index in [0.29, 0.717) is 10.7 Å². The lowest BCUT2D eigenvalue weighted by molar-refractivity contribution is 0.0697. The minimum Gasteiger partial charge on any atom is -0.478 e. The van der Waals surface area contributed by atoms with Gasteiger partial charge in [-0.05, 0) is 29.6 Å². The van der Waals surface area contributed by atoms with E-state index in [1.54, 1.807) is 28.2 Å². The normalized spacial score (nSPS) is 13.7. The molecule has 0 unspecified atom stereocenters. The molecule has 0 spiro atoms. The van der Waals surface area contributed by atoms with Crippen LogP contribution in [0.3, 0.4) is 0 Å². The highest BCUT2D eigenvalue weighted by Crippen LogP contribution is 2.33. The number of aromatic nitrogens is 2. The third-order valence-corrected chi connectivity index (χ3v) is 5.30. The van der Waals surface area contributed by atoms with E-state index in [1.807, 2.05) is 17.5 Å². The molecule has 0 atom stereocenters. The van der Waals surface area contributed by atoms with Crippen LogP contribution in [0.1, 0.15) is 21.6 Å². The van der Waals surface area contributed by atoms with Crippen LogP contribution in [0.15, 0.2) is 35.7 Å². The SMILES string of the molecule is O=C(O)c1ccc(Cl)c(-n2nc(-c3cccs3)c3c2CCNC3)c1. The Morgan fingerprint density at radius 2 is 2.25 bits per heavy atom. The predicted molar refractivity (Wildman–Crippen MR) is 94.3 cm³/mol. The standard InChI is InChI=1S/C17H14ClN3O2S/c18-12-4-3-10(17(22)23)8-14(12)21-13-5-6-19-9-11(13)16(20-21)15-2-1-7-24-15/h1-4,7-8,19H,5-6,9H2,(H,22,23). The molecular formula is C17H14ClN3O2S. The lowest BCUT2D eigenvalue weighted by atomic mass is 10.1. The molecule has 0 amide bonds. The molecule has 0 aliphatic carbocycles. The van der Waals surface area contributed by atoms with Crippen molar-refractivity contribution in [2.45, 2.75) is 13.0 Å². The van der Waals surface area contributed by atoms with Crippen LogP contribution >= 0.6 is 22.9 Å². The summed E-state index contributed by atoms with van der Waals surface area (Å²) in [6, 6.07) is 8.74. The Kier molecular flexibility index (Phi) is 3.88. The Morgan fingerprint density at radius 1 is 1.38 bits per heavy atom. The number of fused-ring (bicyclic) bond motifs is 1. The number of aromatic carboxylic acids is 1. The minimum absolute atomic E-state index is 0.199. The van der Waals surface area contributed by atoms with Gasteiger partial charge in [0.2, 0.25) is 0 Å². The Bertz CT molecular complexity index is 918. The molecule has 1 aromatic carbocycles. The number of hydrogen-bond acceptors (Lipinski definition) is 4. The molecule has 0 bridgehead atoms. The molecular weight excluding hydrogens is 346 g/mol. The second-order valence-corrected chi connectivity index (χ2v) is 6.92. The molecule has 5 nitrogen and oxygen atoms in total. The van der Waals surface area contributed by atoms with Gasteiger partial charge in [-0.25, -0.2) is 9.48 Å². The highest BCUT2D eigenvalue weighted by atomic mass is 35.5. The molecule has 3 heterocycles. The average Bonchev–Trinajstić information content (AvgIpc) is 3.22. The largest absolute Gasteiger partial charge is 0.478 e. The average molecular weight is 360 g/mol. The molecule has 4 rings (SSSR count). The quantitative estimate of drug-likeness (QED) is 0.749. The first kappa shape index (κ1) is 15.4. The van der Waals surface area contributed by atoms with E-state index in [4.69, 9.17) is 16.7 Å². The number of hydrogen-bond donors (Lipinski definition) is 2. The lowest BCUT2D eigenvalue weighted by Gasteiger charge is -2.16. The van der Waals surface area contributed by atoms with E-state index in [-0.39, 0.29) is 5.56 Å². The van der Waals surface area contributed by atoms with Crippen LogP contribution in [0.25, 0.3) is 16.3 Å². The van der Waals surface area contributed by atoms with Crippen LogP contribution in [-0.2, 0) is 13.0 Å². The molecule has 2 N–H and O–H groups in total. The van der Waals surface area contributed by atoms with Gasteiger partial charge in [0.05, 0.1) is 26.8 Å². The summed E-state index contributed by atoms with van der Waals surface area (Å²) in [6.45, 7) is 1.61. The second kappa shape index (κ2) is 6.05. The first-order valence-corrected chi connectivity index (χ1v) is 8.79. The van der Waals surface area contributed by atoms with E-state index >= 15 is 0 Å². The van der Waals surface area contributed by atoms with Gasteiger partial charge in [-0.15, -0.1) is 11.3 Å². The van der Waals surface area contributed by atoms with E-state index in [0.717, 1.165) is 41.3 Å². The molecule has 122 valence electrons. The van der Waals surface area contributed by atoms with Crippen molar-refractivity contribution in [1.82, 2.24) is 15.1 Å². The first-order chi connectivity index (χ1) is 11.6. The summed E-state index contributed by atoms with van der Waals surface area (Å²) in [5, 5.41) is 19.9. The smallest absolute Gasteiger partial charge is 0.335 e. The number of halogens is 1. The molecule has 0 radical (unpaired) electrons. The van der Waals surface area contributed by atoms with E-state index in [2.05, 4.69) is 5.32 Å². The molecule has 0 fully saturated rings. The molecule has 0 saturated heterocycles. The van der Waals surface area contributed by atoms with Gasteiger partial charge in [0, 0.05) is 25.1 Å².